The molecule has 0 saturated heterocycles. The van der Waals surface area contributed by atoms with Gasteiger partial charge in [0.05, 0.1) is 5.52 Å². The molecule has 0 fully saturated rings. The highest BCUT2D eigenvalue weighted by molar-refractivity contribution is 7.99. The first-order valence-electron chi connectivity index (χ1n) is 7.68. The predicted molar refractivity (Wildman–Crippen MR) is 103 cm³/mol. The van der Waals surface area contributed by atoms with E-state index in [-0.39, 0.29) is 0 Å². The van der Waals surface area contributed by atoms with Gasteiger partial charge in [-0.05, 0) is 42.0 Å². The van der Waals surface area contributed by atoms with E-state index in [1.165, 1.54) is 5.56 Å². The maximum Gasteiger partial charge on any atom is 0.109 e. The zero-order valence-corrected chi connectivity index (χ0v) is 14.4. The minimum absolute atomic E-state index is 0.745. The number of halogens is 1. The van der Waals surface area contributed by atoms with Gasteiger partial charge in [-0.2, -0.15) is 0 Å². The van der Waals surface area contributed by atoms with Crippen molar-refractivity contribution in [2.45, 2.75) is 9.92 Å². The summed E-state index contributed by atoms with van der Waals surface area (Å²) >= 11 is 7.66. The Hall–Kier alpha value is -2.29. The summed E-state index contributed by atoms with van der Waals surface area (Å²) in [7, 11) is 0. The van der Waals surface area contributed by atoms with Crippen molar-refractivity contribution in [2.75, 3.05) is 0 Å². The first-order valence-corrected chi connectivity index (χ1v) is 8.88. The molecule has 0 saturated carbocycles. The van der Waals surface area contributed by atoms with E-state index in [0.717, 1.165) is 31.4 Å². The third-order valence-electron chi connectivity index (χ3n) is 3.80. The number of para-hydroxylation sites is 1. The van der Waals surface area contributed by atoms with Crippen LogP contribution in [0.5, 0.6) is 0 Å². The van der Waals surface area contributed by atoms with E-state index < -0.39 is 0 Å². The third-order valence-corrected chi connectivity index (χ3v) is 5.07. The molecule has 0 aliphatic heterocycles. The number of nitrogens with zero attached hydrogens (tertiary/aromatic N) is 1. The first kappa shape index (κ1) is 15.3. The third kappa shape index (κ3) is 3.16. The fourth-order valence-electron chi connectivity index (χ4n) is 2.61. The second kappa shape index (κ2) is 6.68. The molecule has 0 spiro atoms. The SMILES string of the molecule is Clc1ccc(Sc2nc3ccccc3cc2-c2ccccc2)cc1. The summed E-state index contributed by atoms with van der Waals surface area (Å²) in [4.78, 5) is 6.02. The maximum atomic E-state index is 6.00. The molecule has 0 aliphatic rings. The second-order valence-corrected chi connectivity index (χ2v) is 6.95. The van der Waals surface area contributed by atoms with Gasteiger partial charge in [-0.3, -0.25) is 0 Å². The van der Waals surface area contributed by atoms with Gasteiger partial charge in [-0.15, -0.1) is 0 Å². The van der Waals surface area contributed by atoms with Crippen molar-refractivity contribution < 1.29 is 0 Å². The van der Waals surface area contributed by atoms with Crippen molar-refractivity contribution in [3.8, 4) is 11.1 Å². The topological polar surface area (TPSA) is 12.9 Å². The number of benzene rings is 3. The Bertz CT molecular complexity index is 982. The molecule has 4 aromatic rings. The molecular weight excluding hydrogens is 334 g/mol. The summed E-state index contributed by atoms with van der Waals surface area (Å²) in [6, 6.07) is 28.7. The number of rotatable bonds is 3. The Balaban J connectivity index is 1.86. The van der Waals surface area contributed by atoms with Crippen molar-refractivity contribution in [1.29, 1.82) is 0 Å². The van der Waals surface area contributed by atoms with Crippen molar-refractivity contribution >= 4 is 34.3 Å². The van der Waals surface area contributed by atoms with Crippen LogP contribution >= 0.6 is 23.4 Å². The van der Waals surface area contributed by atoms with Crippen LogP contribution in [0.3, 0.4) is 0 Å². The zero-order valence-electron chi connectivity index (χ0n) is 12.8. The summed E-state index contributed by atoms with van der Waals surface area (Å²) in [6.45, 7) is 0. The van der Waals surface area contributed by atoms with Crippen molar-refractivity contribution in [2.24, 2.45) is 0 Å². The largest absolute Gasteiger partial charge is 0.240 e. The van der Waals surface area contributed by atoms with E-state index in [1.807, 2.05) is 42.5 Å². The quantitative estimate of drug-likeness (QED) is 0.408. The average Bonchev–Trinajstić information content (AvgIpc) is 2.64. The number of aromatic nitrogens is 1. The lowest BCUT2D eigenvalue weighted by atomic mass is 10.1. The Morgan fingerprint density at radius 2 is 1.46 bits per heavy atom. The molecule has 1 nitrogen and oxygen atoms in total. The normalized spacial score (nSPS) is 10.9. The number of hydrogen-bond acceptors (Lipinski definition) is 2. The van der Waals surface area contributed by atoms with Crippen LogP contribution in [0, 0.1) is 0 Å². The number of fused-ring (bicyclic) bond motifs is 1. The fraction of sp³-hybridized carbons (Fsp3) is 0. The highest BCUT2D eigenvalue weighted by Crippen LogP contribution is 2.36. The summed E-state index contributed by atoms with van der Waals surface area (Å²) in [6.07, 6.45) is 0. The van der Waals surface area contributed by atoms with Crippen LogP contribution in [-0.4, -0.2) is 4.98 Å². The van der Waals surface area contributed by atoms with Gasteiger partial charge >= 0.3 is 0 Å². The van der Waals surface area contributed by atoms with Crippen LogP contribution < -0.4 is 0 Å². The first-order chi connectivity index (χ1) is 11.8. The molecule has 0 amide bonds. The second-order valence-electron chi connectivity index (χ2n) is 5.46. The molecule has 3 heteroatoms. The standard InChI is InChI=1S/C21H14ClNS/c22-17-10-12-18(13-11-17)24-21-19(15-6-2-1-3-7-15)14-16-8-4-5-9-20(16)23-21/h1-14H. The monoisotopic (exact) mass is 347 g/mol. The van der Waals surface area contributed by atoms with Crippen molar-refractivity contribution in [3.05, 3.63) is 90.0 Å². The molecule has 1 heterocycles. The van der Waals surface area contributed by atoms with Gasteiger partial charge < -0.3 is 0 Å². The van der Waals surface area contributed by atoms with Gasteiger partial charge in [-0.25, -0.2) is 4.98 Å². The Morgan fingerprint density at radius 1 is 0.750 bits per heavy atom. The minimum atomic E-state index is 0.745. The number of hydrogen-bond donors (Lipinski definition) is 0. The number of pyridine rings is 1. The molecule has 0 radical (unpaired) electrons. The molecule has 4 rings (SSSR count). The lowest BCUT2D eigenvalue weighted by molar-refractivity contribution is 1.19. The van der Waals surface area contributed by atoms with E-state index in [2.05, 4.69) is 42.5 Å². The van der Waals surface area contributed by atoms with Crippen LogP contribution in [0.25, 0.3) is 22.0 Å². The van der Waals surface area contributed by atoms with Gasteiger partial charge in [0.2, 0.25) is 0 Å². The summed E-state index contributed by atoms with van der Waals surface area (Å²) in [5, 5.41) is 2.90. The summed E-state index contributed by atoms with van der Waals surface area (Å²) in [5.74, 6) is 0. The van der Waals surface area contributed by atoms with E-state index in [0.29, 0.717) is 0 Å². The van der Waals surface area contributed by atoms with Crippen molar-refractivity contribution in [3.63, 3.8) is 0 Å². The van der Waals surface area contributed by atoms with Crippen LogP contribution in [0.4, 0.5) is 0 Å². The lowest BCUT2D eigenvalue weighted by Crippen LogP contribution is -1.89. The molecule has 116 valence electrons. The van der Waals surface area contributed by atoms with Crippen LogP contribution in [-0.2, 0) is 0 Å². The molecule has 0 bridgehead atoms. The Kier molecular flexibility index (Phi) is 4.24. The summed E-state index contributed by atoms with van der Waals surface area (Å²) in [5.41, 5.74) is 3.33. The molecule has 3 aromatic carbocycles. The minimum Gasteiger partial charge on any atom is -0.240 e. The van der Waals surface area contributed by atoms with Crippen molar-refractivity contribution in [1.82, 2.24) is 4.98 Å². The van der Waals surface area contributed by atoms with Gasteiger partial charge in [-0.1, -0.05) is 71.9 Å². The lowest BCUT2D eigenvalue weighted by Gasteiger charge is -2.11. The summed E-state index contributed by atoms with van der Waals surface area (Å²) < 4.78 is 0. The van der Waals surface area contributed by atoms with E-state index in [4.69, 9.17) is 16.6 Å². The zero-order chi connectivity index (χ0) is 16.4. The molecule has 0 unspecified atom stereocenters. The van der Waals surface area contributed by atoms with Gasteiger partial charge in [0.15, 0.2) is 0 Å². The average molecular weight is 348 g/mol. The molecular formula is C21H14ClNS. The Labute approximate surface area is 150 Å². The van der Waals surface area contributed by atoms with Gasteiger partial charge in [0.1, 0.15) is 5.03 Å². The van der Waals surface area contributed by atoms with Crippen LogP contribution in [0.2, 0.25) is 5.02 Å². The van der Waals surface area contributed by atoms with Crippen LogP contribution in [0.15, 0.2) is 94.9 Å². The maximum absolute atomic E-state index is 6.00. The van der Waals surface area contributed by atoms with Gasteiger partial charge in [0.25, 0.3) is 0 Å². The highest BCUT2D eigenvalue weighted by atomic mass is 35.5. The Morgan fingerprint density at radius 3 is 2.25 bits per heavy atom. The van der Waals surface area contributed by atoms with Crippen LogP contribution in [0.1, 0.15) is 0 Å². The molecule has 1 aromatic heterocycles. The highest BCUT2D eigenvalue weighted by Gasteiger charge is 2.10. The molecule has 0 atom stereocenters. The fourth-order valence-corrected chi connectivity index (χ4v) is 3.67. The molecule has 24 heavy (non-hydrogen) atoms. The van der Waals surface area contributed by atoms with E-state index in [1.54, 1.807) is 11.8 Å². The predicted octanol–water partition coefficient (Wildman–Crippen LogP) is 6.71. The molecule has 0 aliphatic carbocycles. The van der Waals surface area contributed by atoms with E-state index >= 15 is 0 Å². The van der Waals surface area contributed by atoms with E-state index in [9.17, 15) is 0 Å². The smallest absolute Gasteiger partial charge is 0.109 e. The molecule has 0 N–H and O–H groups in total. The van der Waals surface area contributed by atoms with Gasteiger partial charge in [0, 0.05) is 20.9 Å².